The summed E-state index contributed by atoms with van der Waals surface area (Å²) in [7, 11) is -5.89. The van der Waals surface area contributed by atoms with Crippen molar-refractivity contribution in [1.29, 1.82) is 0 Å². The first kappa shape index (κ1) is 26.9. The molecular formula is C23H31N3O7S2. The Labute approximate surface area is 206 Å². The molecule has 10 nitrogen and oxygen atoms in total. The lowest BCUT2D eigenvalue weighted by Gasteiger charge is -2.38. The van der Waals surface area contributed by atoms with E-state index in [1.807, 2.05) is 6.92 Å². The molecule has 0 saturated carbocycles. The highest BCUT2D eigenvalue weighted by molar-refractivity contribution is 7.92. The van der Waals surface area contributed by atoms with Gasteiger partial charge in [-0.1, -0.05) is 25.1 Å². The van der Waals surface area contributed by atoms with E-state index in [0.29, 0.717) is 0 Å². The Hall–Kier alpha value is -2.67. The van der Waals surface area contributed by atoms with Gasteiger partial charge < -0.3 is 14.7 Å². The number of carbonyl (C=O) groups excluding carboxylic acids is 1. The summed E-state index contributed by atoms with van der Waals surface area (Å²) < 4.78 is 59.2. The van der Waals surface area contributed by atoms with E-state index in [9.17, 15) is 26.7 Å². The van der Waals surface area contributed by atoms with Gasteiger partial charge in [0.2, 0.25) is 20.0 Å². The third kappa shape index (κ3) is 6.31. The van der Waals surface area contributed by atoms with E-state index in [2.05, 4.69) is 4.72 Å². The van der Waals surface area contributed by atoms with Crippen LogP contribution in [0.1, 0.15) is 24.2 Å². The number of hydrogen-bond donors (Lipinski definition) is 2. The fraction of sp³-hybridized carbons (Fsp3) is 0.435. The maximum atomic E-state index is 13.4. The van der Waals surface area contributed by atoms with Gasteiger partial charge in [-0.05, 0) is 37.3 Å². The van der Waals surface area contributed by atoms with E-state index in [-0.39, 0.29) is 47.5 Å². The number of nitrogens with zero attached hydrogens (tertiary/aromatic N) is 2. The van der Waals surface area contributed by atoms with Gasteiger partial charge in [-0.3, -0.25) is 9.52 Å². The van der Waals surface area contributed by atoms with Crippen LogP contribution >= 0.6 is 0 Å². The molecule has 0 bridgehead atoms. The van der Waals surface area contributed by atoms with E-state index in [1.54, 1.807) is 25.1 Å². The minimum absolute atomic E-state index is 0.0106. The Kier molecular flexibility index (Phi) is 8.10. The van der Waals surface area contributed by atoms with E-state index in [0.717, 1.165) is 6.26 Å². The van der Waals surface area contributed by atoms with Crippen LogP contribution in [0.4, 0.5) is 5.69 Å². The number of hydrogen-bond acceptors (Lipinski definition) is 7. The number of benzene rings is 2. The zero-order valence-electron chi connectivity index (χ0n) is 20.1. The van der Waals surface area contributed by atoms with Crippen molar-refractivity contribution in [2.75, 3.05) is 37.7 Å². The second-order valence-corrected chi connectivity index (χ2v) is 12.6. The molecule has 12 heteroatoms. The molecule has 2 N–H and O–H groups in total. The van der Waals surface area contributed by atoms with Crippen LogP contribution in [0.3, 0.4) is 0 Å². The van der Waals surface area contributed by atoms with Gasteiger partial charge in [0.25, 0.3) is 5.91 Å². The zero-order valence-corrected chi connectivity index (χ0v) is 21.7. The highest BCUT2D eigenvalue weighted by Crippen LogP contribution is 2.31. The van der Waals surface area contributed by atoms with Crippen LogP contribution in [0, 0.1) is 5.92 Å². The molecule has 2 aromatic rings. The van der Waals surface area contributed by atoms with Gasteiger partial charge in [0.1, 0.15) is 11.9 Å². The summed E-state index contributed by atoms with van der Waals surface area (Å²) >= 11 is 0. The highest BCUT2D eigenvalue weighted by Gasteiger charge is 2.35. The first-order valence-corrected chi connectivity index (χ1v) is 14.4. The van der Waals surface area contributed by atoms with Crippen LogP contribution in [0.15, 0.2) is 53.4 Å². The van der Waals surface area contributed by atoms with Crippen LogP contribution in [0.5, 0.6) is 5.75 Å². The number of rotatable bonds is 8. The van der Waals surface area contributed by atoms with Crippen molar-refractivity contribution in [2.24, 2.45) is 5.92 Å². The maximum absolute atomic E-state index is 13.4. The van der Waals surface area contributed by atoms with Crippen molar-refractivity contribution >= 4 is 31.6 Å². The normalized spacial score (nSPS) is 19.9. The Balaban J connectivity index is 1.99. The average molecular weight is 526 g/mol. The van der Waals surface area contributed by atoms with Crippen molar-refractivity contribution in [3.63, 3.8) is 0 Å². The second kappa shape index (κ2) is 10.5. The molecule has 0 aromatic heterocycles. The van der Waals surface area contributed by atoms with Gasteiger partial charge in [-0.15, -0.1) is 0 Å². The lowest BCUT2D eigenvalue weighted by atomic mass is 9.99. The Morgan fingerprint density at radius 1 is 1.17 bits per heavy atom. The number of aliphatic hydroxyl groups excluding tert-OH is 1. The molecule has 1 aliphatic heterocycles. The minimum atomic E-state index is -3.78. The molecule has 3 rings (SSSR count). The third-order valence-corrected chi connectivity index (χ3v) is 8.30. The molecule has 3 atom stereocenters. The number of fused-ring (bicyclic) bond motifs is 1. The summed E-state index contributed by atoms with van der Waals surface area (Å²) in [5.74, 6) is -0.510. The van der Waals surface area contributed by atoms with Crippen LogP contribution in [-0.2, 0) is 20.0 Å². The number of anilines is 1. The van der Waals surface area contributed by atoms with Crippen LogP contribution in [-0.4, -0.2) is 82.2 Å². The SMILES string of the molecule is C[C@@H]1CN([C@H](C)CO)C(=O)c2cc(NS(C)(=O)=O)ccc2O[C@@H]1CN(C)S(=O)(=O)c1ccccc1. The van der Waals surface area contributed by atoms with Crippen molar-refractivity contribution in [3.8, 4) is 5.75 Å². The summed E-state index contributed by atoms with van der Waals surface area (Å²) in [6.07, 6.45) is 0.371. The van der Waals surface area contributed by atoms with Crippen LogP contribution < -0.4 is 9.46 Å². The summed E-state index contributed by atoms with van der Waals surface area (Å²) in [5.41, 5.74) is 0.304. The third-order valence-electron chi connectivity index (χ3n) is 5.86. The molecule has 2 aromatic carbocycles. The highest BCUT2D eigenvalue weighted by atomic mass is 32.2. The summed E-state index contributed by atoms with van der Waals surface area (Å²) in [4.78, 5) is 15.0. The fourth-order valence-corrected chi connectivity index (χ4v) is 5.60. The van der Waals surface area contributed by atoms with Crippen molar-refractivity contribution in [3.05, 3.63) is 54.1 Å². The maximum Gasteiger partial charge on any atom is 0.258 e. The number of amides is 1. The molecule has 1 aliphatic rings. The standard InChI is InChI=1S/C23H31N3O7S2/c1-16-13-26(17(2)15-27)23(28)20-12-18(24-34(4,29)30)10-11-21(20)33-22(16)14-25(3)35(31,32)19-8-6-5-7-9-19/h5-12,16-17,22,24,27H,13-15H2,1-4H3/t16-,17-,22-/m1/s1. The van der Waals surface area contributed by atoms with Crippen molar-refractivity contribution in [2.45, 2.75) is 30.9 Å². The summed E-state index contributed by atoms with van der Waals surface area (Å²) in [6, 6.07) is 11.9. The predicted molar refractivity (Wildman–Crippen MR) is 132 cm³/mol. The van der Waals surface area contributed by atoms with Gasteiger partial charge in [0, 0.05) is 25.2 Å². The smallest absolute Gasteiger partial charge is 0.258 e. The molecule has 0 radical (unpaired) electrons. The number of aliphatic hydroxyl groups is 1. The van der Waals surface area contributed by atoms with Gasteiger partial charge >= 0.3 is 0 Å². The Bertz CT molecular complexity index is 1270. The van der Waals surface area contributed by atoms with Gasteiger partial charge in [0.05, 0.1) is 35.9 Å². The molecule has 1 heterocycles. The topological polar surface area (TPSA) is 133 Å². The first-order chi connectivity index (χ1) is 16.3. The molecule has 0 saturated heterocycles. The van der Waals surface area contributed by atoms with E-state index in [4.69, 9.17) is 4.74 Å². The number of likely N-dealkylation sites (N-methyl/N-ethyl adjacent to an activating group) is 1. The molecule has 192 valence electrons. The predicted octanol–water partition coefficient (Wildman–Crippen LogP) is 1.60. The second-order valence-electron chi connectivity index (χ2n) is 8.81. The van der Waals surface area contributed by atoms with Crippen molar-refractivity contribution in [1.82, 2.24) is 9.21 Å². The average Bonchev–Trinajstić information content (AvgIpc) is 2.80. The zero-order chi connectivity index (χ0) is 26.0. The largest absolute Gasteiger partial charge is 0.488 e. The first-order valence-electron chi connectivity index (χ1n) is 11.0. The number of ether oxygens (including phenoxy) is 1. The van der Waals surface area contributed by atoms with E-state index < -0.39 is 38.1 Å². The fourth-order valence-electron chi connectivity index (χ4n) is 3.84. The molecular weight excluding hydrogens is 494 g/mol. The molecule has 0 aliphatic carbocycles. The monoisotopic (exact) mass is 525 g/mol. The van der Waals surface area contributed by atoms with Crippen molar-refractivity contribution < 1.29 is 31.5 Å². The molecule has 0 unspecified atom stereocenters. The molecule has 1 amide bonds. The molecule has 0 fully saturated rings. The number of sulfonamides is 2. The number of carbonyl (C=O) groups is 1. The summed E-state index contributed by atoms with van der Waals surface area (Å²) in [6.45, 7) is 3.49. The van der Waals surface area contributed by atoms with E-state index in [1.165, 1.54) is 46.6 Å². The van der Waals surface area contributed by atoms with Gasteiger partial charge in [-0.25, -0.2) is 16.8 Å². The Morgan fingerprint density at radius 3 is 2.43 bits per heavy atom. The summed E-state index contributed by atoms with van der Waals surface area (Å²) in [5, 5.41) is 9.75. The lowest BCUT2D eigenvalue weighted by molar-refractivity contribution is 0.0387. The number of nitrogens with one attached hydrogen (secondary N) is 1. The lowest BCUT2D eigenvalue weighted by Crippen LogP contribution is -2.50. The van der Waals surface area contributed by atoms with Crippen LogP contribution in [0.2, 0.25) is 0 Å². The molecule has 0 spiro atoms. The van der Waals surface area contributed by atoms with Crippen LogP contribution in [0.25, 0.3) is 0 Å². The van der Waals surface area contributed by atoms with Gasteiger partial charge in [0.15, 0.2) is 0 Å². The minimum Gasteiger partial charge on any atom is -0.488 e. The molecule has 35 heavy (non-hydrogen) atoms. The van der Waals surface area contributed by atoms with Gasteiger partial charge in [-0.2, -0.15) is 4.31 Å². The quantitative estimate of drug-likeness (QED) is 0.535. The van der Waals surface area contributed by atoms with E-state index >= 15 is 0 Å². The Morgan fingerprint density at radius 2 is 1.83 bits per heavy atom.